The van der Waals surface area contributed by atoms with Crippen LogP contribution in [0.1, 0.15) is 19.2 Å². The largest absolute Gasteiger partial charge is 0.378 e. The molecule has 17 heavy (non-hydrogen) atoms. The van der Waals surface area contributed by atoms with E-state index < -0.39 is 10.0 Å². The minimum atomic E-state index is -3.47. The van der Waals surface area contributed by atoms with Crippen molar-refractivity contribution in [2.24, 2.45) is 0 Å². The normalized spacial score (nSPS) is 22.8. The van der Waals surface area contributed by atoms with Gasteiger partial charge < -0.3 is 9.72 Å². The van der Waals surface area contributed by atoms with E-state index in [1.807, 2.05) is 6.92 Å². The molecule has 0 aromatic carbocycles. The number of aryl methyl sites for hydroxylation is 1. The van der Waals surface area contributed by atoms with Crippen molar-refractivity contribution in [3.63, 3.8) is 0 Å². The lowest BCUT2D eigenvalue weighted by atomic mass is 10.2. The zero-order valence-corrected chi connectivity index (χ0v) is 10.8. The standard InChI is InChI=1S/C10H17N3O3S/c1-3-9-7-16-5-4-13(9)17(14,15)10-6-11-8(2)12-10/h6,9H,3-5,7H2,1-2H3,(H,11,12). The average molecular weight is 259 g/mol. The zero-order chi connectivity index (χ0) is 12.5. The number of aromatic amines is 1. The molecule has 0 aliphatic carbocycles. The van der Waals surface area contributed by atoms with E-state index >= 15 is 0 Å². The summed E-state index contributed by atoms with van der Waals surface area (Å²) in [5.74, 6) is 0.602. The molecule has 1 atom stereocenters. The lowest BCUT2D eigenvalue weighted by Crippen LogP contribution is -2.48. The van der Waals surface area contributed by atoms with E-state index in [0.29, 0.717) is 25.6 Å². The van der Waals surface area contributed by atoms with Crippen LogP contribution in [-0.4, -0.2) is 48.5 Å². The summed E-state index contributed by atoms with van der Waals surface area (Å²) in [4.78, 5) is 6.71. The number of hydrogen-bond acceptors (Lipinski definition) is 4. The quantitative estimate of drug-likeness (QED) is 0.858. The fraction of sp³-hybridized carbons (Fsp3) is 0.700. The smallest absolute Gasteiger partial charge is 0.260 e. The second-order valence-electron chi connectivity index (χ2n) is 4.09. The first-order valence-electron chi connectivity index (χ1n) is 5.67. The van der Waals surface area contributed by atoms with E-state index in [1.165, 1.54) is 10.5 Å². The van der Waals surface area contributed by atoms with Gasteiger partial charge in [-0.15, -0.1) is 0 Å². The number of sulfonamides is 1. The Morgan fingerprint density at radius 2 is 2.41 bits per heavy atom. The summed E-state index contributed by atoms with van der Waals surface area (Å²) < 4.78 is 31.5. The minimum absolute atomic E-state index is 0.0858. The molecular formula is C10H17N3O3S. The van der Waals surface area contributed by atoms with Gasteiger partial charge in [0.15, 0.2) is 5.03 Å². The molecule has 1 fully saturated rings. The van der Waals surface area contributed by atoms with E-state index in [4.69, 9.17) is 4.74 Å². The van der Waals surface area contributed by atoms with Crippen molar-refractivity contribution >= 4 is 10.0 Å². The van der Waals surface area contributed by atoms with Crippen molar-refractivity contribution in [3.05, 3.63) is 12.0 Å². The second kappa shape index (κ2) is 4.75. The Morgan fingerprint density at radius 1 is 1.65 bits per heavy atom. The van der Waals surface area contributed by atoms with Crippen molar-refractivity contribution in [1.29, 1.82) is 0 Å². The third-order valence-electron chi connectivity index (χ3n) is 2.91. The van der Waals surface area contributed by atoms with Crippen LogP contribution in [0.2, 0.25) is 0 Å². The molecule has 2 heterocycles. The third-order valence-corrected chi connectivity index (χ3v) is 4.77. The fourth-order valence-corrected chi connectivity index (χ4v) is 3.57. The Labute approximate surface area is 101 Å². The number of nitrogens with one attached hydrogen (secondary N) is 1. The first-order valence-corrected chi connectivity index (χ1v) is 7.11. The topological polar surface area (TPSA) is 75.3 Å². The van der Waals surface area contributed by atoms with Crippen LogP contribution in [0.5, 0.6) is 0 Å². The molecule has 1 aliphatic heterocycles. The highest BCUT2D eigenvalue weighted by Gasteiger charge is 2.34. The molecule has 1 aromatic heterocycles. The second-order valence-corrected chi connectivity index (χ2v) is 5.94. The Kier molecular flexibility index (Phi) is 3.50. The molecule has 0 amide bonds. The number of morpholine rings is 1. The molecule has 1 aliphatic rings. The predicted octanol–water partition coefficient (Wildman–Crippen LogP) is 0.518. The summed E-state index contributed by atoms with van der Waals surface area (Å²) >= 11 is 0. The van der Waals surface area contributed by atoms with Gasteiger partial charge in [0.05, 0.1) is 19.4 Å². The van der Waals surface area contributed by atoms with Crippen molar-refractivity contribution in [2.75, 3.05) is 19.8 Å². The van der Waals surface area contributed by atoms with Gasteiger partial charge >= 0.3 is 0 Å². The molecule has 6 nitrogen and oxygen atoms in total. The molecule has 7 heteroatoms. The maximum absolute atomic E-state index is 12.4. The highest BCUT2D eigenvalue weighted by atomic mass is 32.2. The monoisotopic (exact) mass is 259 g/mol. The number of rotatable bonds is 3. The van der Waals surface area contributed by atoms with Crippen LogP contribution in [0.3, 0.4) is 0 Å². The molecule has 1 N–H and O–H groups in total. The van der Waals surface area contributed by atoms with Gasteiger partial charge in [-0.3, -0.25) is 0 Å². The highest BCUT2D eigenvalue weighted by Crippen LogP contribution is 2.20. The van der Waals surface area contributed by atoms with Gasteiger partial charge in [0.25, 0.3) is 10.0 Å². The van der Waals surface area contributed by atoms with Gasteiger partial charge in [0, 0.05) is 12.6 Å². The van der Waals surface area contributed by atoms with Gasteiger partial charge in [-0.25, -0.2) is 13.4 Å². The van der Waals surface area contributed by atoms with Crippen molar-refractivity contribution in [2.45, 2.75) is 31.3 Å². The van der Waals surface area contributed by atoms with Crippen LogP contribution in [0.25, 0.3) is 0 Å². The Bertz CT molecular complexity index is 483. The Balaban J connectivity index is 2.30. The Morgan fingerprint density at radius 3 is 3.00 bits per heavy atom. The van der Waals surface area contributed by atoms with Crippen molar-refractivity contribution in [1.82, 2.24) is 14.3 Å². The lowest BCUT2D eigenvalue weighted by Gasteiger charge is -2.33. The highest BCUT2D eigenvalue weighted by molar-refractivity contribution is 7.89. The molecule has 2 rings (SSSR count). The number of ether oxygens (including phenoxy) is 1. The third kappa shape index (κ3) is 2.36. The summed E-state index contributed by atoms with van der Waals surface area (Å²) in [6, 6.07) is -0.0858. The molecule has 1 unspecified atom stereocenters. The molecule has 1 aromatic rings. The van der Waals surface area contributed by atoms with E-state index in [2.05, 4.69) is 9.97 Å². The van der Waals surface area contributed by atoms with Crippen molar-refractivity contribution in [3.8, 4) is 0 Å². The lowest BCUT2D eigenvalue weighted by molar-refractivity contribution is 0.0313. The SMILES string of the molecule is CCC1COCCN1S(=O)(=O)c1cnc(C)[nH]1. The maximum atomic E-state index is 12.4. The van der Waals surface area contributed by atoms with Crippen LogP contribution < -0.4 is 0 Å². The fourth-order valence-electron chi connectivity index (χ4n) is 1.93. The summed E-state index contributed by atoms with van der Waals surface area (Å²) in [7, 11) is -3.47. The van der Waals surface area contributed by atoms with E-state index in [9.17, 15) is 8.42 Å². The molecule has 0 saturated carbocycles. The van der Waals surface area contributed by atoms with Crippen LogP contribution in [-0.2, 0) is 14.8 Å². The van der Waals surface area contributed by atoms with Gasteiger partial charge in [-0.1, -0.05) is 6.92 Å². The average Bonchev–Trinajstić information content (AvgIpc) is 2.76. The number of hydrogen-bond donors (Lipinski definition) is 1. The molecule has 0 bridgehead atoms. The maximum Gasteiger partial charge on any atom is 0.260 e. The molecule has 0 radical (unpaired) electrons. The van der Waals surface area contributed by atoms with E-state index in [1.54, 1.807) is 6.92 Å². The summed E-state index contributed by atoms with van der Waals surface area (Å²) in [6.45, 7) is 5.00. The molecule has 0 spiro atoms. The summed E-state index contributed by atoms with van der Waals surface area (Å²) in [5.41, 5.74) is 0. The van der Waals surface area contributed by atoms with Crippen LogP contribution >= 0.6 is 0 Å². The number of aromatic nitrogens is 2. The van der Waals surface area contributed by atoms with Crippen LogP contribution in [0.4, 0.5) is 0 Å². The zero-order valence-electron chi connectivity index (χ0n) is 10.0. The summed E-state index contributed by atoms with van der Waals surface area (Å²) in [6.07, 6.45) is 2.11. The summed E-state index contributed by atoms with van der Waals surface area (Å²) in [5, 5.41) is 0.162. The minimum Gasteiger partial charge on any atom is -0.378 e. The number of imidazole rings is 1. The number of H-pyrrole nitrogens is 1. The van der Waals surface area contributed by atoms with Gasteiger partial charge in [-0.05, 0) is 13.3 Å². The van der Waals surface area contributed by atoms with Crippen molar-refractivity contribution < 1.29 is 13.2 Å². The van der Waals surface area contributed by atoms with Crippen LogP contribution in [0, 0.1) is 6.92 Å². The first-order chi connectivity index (χ1) is 8.05. The van der Waals surface area contributed by atoms with Gasteiger partial charge in [0.2, 0.25) is 0 Å². The van der Waals surface area contributed by atoms with E-state index in [0.717, 1.165) is 6.42 Å². The van der Waals surface area contributed by atoms with Gasteiger partial charge in [-0.2, -0.15) is 4.31 Å². The molecule has 96 valence electrons. The molecule has 1 saturated heterocycles. The Hall–Kier alpha value is -0.920. The van der Waals surface area contributed by atoms with E-state index in [-0.39, 0.29) is 11.1 Å². The molecular weight excluding hydrogens is 242 g/mol. The van der Waals surface area contributed by atoms with Gasteiger partial charge in [0.1, 0.15) is 5.82 Å². The number of nitrogens with zero attached hydrogens (tertiary/aromatic N) is 2. The van der Waals surface area contributed by atoms with Crippen LogP contribution in [0.15, 0.2) is 11.2 Å². The predicted molar refractivity (Wildman–Crippen MR) is 62.1 cm³/mol. The first kappa shape index (κ1) is 12.5.